The third-order valence-corrected chi connectivity index (χ3v) is 5.17. The van der Waals surface area contributed by atoms with Gasteiger partial charge in [-0.3, -0.25) is 0 Å². The Morgan fingerprint density at radius 3 is 1.12 bits per heavy atom. The minimum absolute atomic E-state index is 0.369. The van der Waals surface area contributed by atoms with Crippen molar-refractivity contribution in [1.29, 1.82) is 0 Å². The summed E-state index contributed by atoms with van der Waals surface area (Å²) in [4.78, 5) is 0. The van der Waals surface area contributed by atoms with Crippen LogP contribution in [0, 0.1) is 0 Å². The predicted molar refractivity (Wildman–Crippen MR) is 114 cm³/mol. The van der Waals surface area contributed by atoms with Crippen LogP contribution in [0.25, 0.3) is 0 Å². The molecule has 0 aromatic heterocycles. The van der Waals surface area contributed by atoms with Crippen molar-refractivity contribution in [3.63, 3.8) is 0 Å². The number of aliphatic hydroxyl groups excluding tert-OH is 1. The Morgan fingerprint density at radius 1 is 0.440 bits per heavy atom. The number of hydrogen-bond donors (Lipinski definition) is 1. The third kappa shape index (κ3) is 23.7. The normalized spacial score (nSPS) is 11.6. The molecule has 0 rings (SSSR count). The van der Waals surface area contributed by atoms with Crippen LogP contribution in [0.3, 0.4) is 0 Å². The highest BCUT2D eigenvalue weighted by atomic mass is 16.2. The van der Waals surface area contributed by atoms with Crippen molar-refractivity contribution in [2.75, 3.05) is 6.61 Å². The second-order valence-electron chi connectivity index (χ2n) is 7.78. The molecule has 0 aliphatic rings. The Kier molecular flexibility index (Phi) is 23.4. The Balaban J connectivity index is 3.03. The van der Waals surface area contributed by atoms with Crippen LogP contribution >= 0.6 is 0 Å². The summed E-state index contributed by atoms with van der Waals surface area (Å²) >= 11 is 0. The molecule has 25 heavy (non-hydrogen) atoms. The molecule has 1 heteroatoms. The number of rotatable bonds is 21. The minimum Gasteiger partial charge on any atom is -0.396 e. The van der Waals surface area contributed by atoms with Gasteiger partial charge >= 0.3 is 0 Å². The lowest BCUT2D eigenvalue weighted by Crippen LogP contribution is -1.84. The topological polar surface area (TPSA) is 20.2 Å². The maximum atomic E-state index is 8.72. The van der Waals surface area contributed by atoms with E-state index in [1.165, 1.54) is 122 Å². The van der Waals surface area contributed by atoms with Gasteiger partial charge in [0.05, 0.1) is 0 Å². The van der Waals surface area contributed by atoms with E-state index in [1.807, 2.05) is 0 Å². The van der Waals surface area contributed by atoms with Gasteiger partial charge in [-0.2, -0.15) is 0 Å². The van der Waals surface area contributed by atoms with Gasteiger partial charge in [0.25, 0.3) is 0 Å². The highest BCUT2D eigenvalue weighted by Gasteiger charge is 1.93. The highest BCUT2D eigenvalue weighted by molar-refractivity contribution is 4.81. The summed E-state index contributed by atoms with van der Waals surface area (Å²) in [6.07, 6.45) is 32.1. The molecule has 0 bridgehead atoms. The van der Waals surface area contributed by atoms with Crippen molar-refractivity contribution in [3.05, 3.63) is 12.2 Å². The molecule has 0 saturated carbocycles. The van der Waals surface area contributed by atoms with Crippen LogP contribution in [-0.2, 0) is 0 Å². The van der Waals surface area contributed by atoms with Crippen LogP contribution in [0.15, 0.2) is 12.2 Å². The summed E-state index contributed by atoms with van der Waals surface area (Å²) < 4.78 is 0. The van der Waals surface area contributed by atoms with E-state index in [2.05, 4.69) is 19.1 Å². The molecular weight excluding hydrogens is 304 g/mol. The predicted octanol–water partition coefficient (Wildman–Crippen LogP) is 8.36. The maximum absolute atomic E-state index is 8.72. The van der Waals surface area contributed by atoms with Crippen LogP contribution in [-0.4, -0.2) is 11.7 Å². The van der Waals surface area contributed by atoms with Crippen molar-refractivity contribution in [3.8, 4) is 0 Å². The molecule has 0 unspecified atom stereocenters. The first-order valence-electron chi connectivity index (χ1n) is 11.7. The van der Waals surface area contributed by atoms with Crippen LogP contribution in [0.4, 0.5) is 0 Å². The van der Waals surface area contributed by atoms with Crippen LogP contribution in [0.5, 0.6) is 0 Å². The van der Waals surface area contributed by atoms with Gasteiger partial charge in [0.15, 0.2) is 0 Å². The highest BCUT2D eigenvalue weighted by Crippen LogP contribution is 2.12. The number of unbranched alkanes of at least 4 members (excludes halogenated alkanes) is 18. The number of allylic oxidation sites excluding steroid dienone is 2. The van der Waals surface area contributed by atoms with Crippen LogP contribution < -0.4 is 0 Å². The third-order valence-electron chi connectivity index (χ3n) is 5.17. The fourth-order valence-corrected chi connectivity index (χ4v) is 3.42. The summed E-state index contributed by atoms with van der Waals surface area (Å²) in [6, 6.07) is 0. The van der Waals surface area contributed by atoms with Gasteiger partial charge in [-0.05, 0) is 32.1 Å². The van der Waals surface area contributed by atoms with E-state index in [0.29, 0.717) is 6.61 Å². The SMILES string of the molecule is CCCCCCCCC/C=C/CCCCCCCCCCCCCO. The molecule has 0 aromatic rings. The zero-order valence-corrected chi connectivity index (χ0v) is 17.5. The second kappa shape index (κ2) is 23.7. The molecule has 1 N–H and O–H groups in total. The molecule has 0 amide bonds. The molecule has 0 fully saturated rings. The lowest BCUT2D eigenvalue weighted by atomic mass is 10.0. The quantitative estimate of drug-likeness (QED) is 0.162. The van der Waals surface area contributed by atoms with E-state index >= 15 is 0 Å². The lowest BCUT2D eigenvalue weighted by molar-refractivity contribution is 0.282. The number of aliphatic hydroxyl groups is 1. The number of hydrogen-bond acceptors (Lipinski definition) is 1. The van der Waals surface area contributed by atoms with Gasteiger partial charge < -0.3 is 5.11 Å². The van der Waals surface area contributed by atoms with Gasteiger partial charge in [0.1, 0.15) is 0 Å². The van der Waals surface area contributed by atoms with E-state index in [9.17, 15) is 0 Å². The molecular formula is C24H48O. The monoisotopic (exact) mass is 352 g/mol. The van der Waals surface area contributed by atoms with E-state index in [4.69, 9.17) is 5.11 Å². The first kappa shape index (κ1) is 24.7. The molecule has 0 atom stereocenters. The first-order valence-corrected chi connectivity index (χ1v) is 11.7. The zero-order chi connectivity index (χ0) is 18.3. The Morgan fingerprint density at radius 2 is 0.760 bits per heavy atom. The van der Waals surface area contributed by atoms with E-state index in [-0.39, 0.29) is 0 Å². The van der Waals surface area contributed by atoms with Gasteiger partial charge in [-0.25, -0.2) is 0 Å². The van der Waals surface area contributed by atoms with Crippen LogP contribution in [0.2, 0.25) is 0 Å². The molecule has 1 nitrogen and oxygen atoms in total. The van der Waals surface area contributed by atoms with Crippen molar-refractivity contribution >= 4 is 0 Å². The Hall–Kier alpha value is -0.300. The van der Waals surface area contributed by atoms with Crippen LogP contribution in [0.1, 0.15) is 135 Å². The fourth-order valence-electron chi connectivity index (χ4n) is 3.42. The summed E-state index contributed by atoms with van der Waals surface area (Å²) in [6.45, 7) is 2.66. The smallest absolute Gasteiger partial charge is 0.0431 e. The summed E-state index contributed by atoms with van der Waals surface area (Å²) in [5.74, 6) is 0. The van der Waals surface area contributed by atoms with Gasteiger partial charge in [-0.15, -0.1) is 0 Å². The zero-order valence-electron chi connectivity index (χ0n) is 17.5. The first-order chi connectivity index (χ1) is 12.4. The van der Waals surface area contributed by atoms with E-state index in [0.717, 1.165) is 6.42 Å². The average molecular weight is 353 g/mol. The largest absolute Gasteiger partial charge is 0.396 e. The van der Waals surface area contributed by atoms with E-state index < -0.39 is 0 Å². The minimum atomic E-state index is 0.369. The van der Waals surface area contributed by atoms with Gasteiger partial charge in [0.2, 0.25) is 0 Å². The second-order valence-corrected chi connectivity index (χ2v) is 7.78. The fraction of sp³-hybridized carbons (Fsp3) is 0.917. The molecule has 0 radical (unpaired) electrons. The summed E-state index contributed by atoms with van der Waals surface area (Å²) in [5.41, 5.74) is 0. The lowest BCUT2D eigenvalue weighted by Gasteiger charge is -2.02. The van der Waals surface area contributed by atoms with Crippen molar-refractivity contribution < 1.29 is 5.11 Å². The standard InChI is InChI=1S/C24H48O/c1-2-3-4-5-6-7-8-9-10-11-12-13-14-15-16-17-18-19-20-21-22-23-24-25/h10-11,25H,2-9,12-24H2,1H3/b11-10+. The molecule has 0 aromatic carbocycles. The maximum Gasteiger partial charge on any atom is 0.0431 e. The van der Waals surface area contributed by atoms with Crippen molar-refractivity contribution in [2.45, 2.75) is 135 Å². The molecule has 0 aliphatic heterocycles. The summed E-state index contributed by atoms with van der Waals surface area (Å²) in [7, 11) is 0. The molecule has 0 aliphatic carbocycles. The molecule has 0 saturated heterocycles. The van der Waals surface area contributed by atoms with Gasteiger partial charge in [-0.1, -0.05) is 115 Å². The molecule has 150 valence electrons. The van der Waals surface area contributed by atoms with Crippen molar-refractivity contribution in [2.24, 2.45) is 0 Å². The average Bonchev–Trinajstić information content (AvgIpc) is 2.63. The van der Waals surface area contributed by atoms with Crippen molar-refractivity contribution in [1.82, 2.24) is 0 Å². The van der Waals surface area contributed by atoms with E-state index in [1.54, 1.807) is 0 Å². The molecule has 0 heterocycles. The Bertz CT molecular complexity index is 246. The van der Waals surface area contributed by atoms with Gasteiger partial charge in [0, 0.05) is 6.61 Å². The summed E-state index contributed by atoms with van der Waals surface area (Å²) in [5, 5.41) is 8.72. The Labute approximate surface area is 159 Å². The molecule has 0 spiro atoms.